The van der Waals surface area contributed by atoms with Gasteiger partial charge in [0, 0.05) is 22.7 Å². The molecule has 0 saturated heterocycles. The van der Waals surface area contributed by atoms with Crippen LogP contribution in [-0.4, -0.2) is 22.5 Å². The number of nitrogens with zero attached hydrogens (tertiary/aromatic N) is 1. The Morgan fingerprint density at radius 2 is 1.90 bits per heavy atom. The number of benzene rings is 1. The number of nitrogens with one attached hydrogen (secondary N) is 1. The second kappa shape index (κ2) is 8.97. The Kier molecular flexibility index (Phi) is 6.15. The van der Waals surface area contributed by atoms with Gasteiger partial charge in [0.25, 0.3) is 0 Å². The molecular formula is C25H28FN3O. The fourth-order valence-corrected chi connectivity index (χ4v) is 4.45. The average Bonchev–Trinajstić information content (AvgIpc) is 3.56. The number of hydrogen-bond acceptors (Lipinski definition) is 3. The summed E-state index contributed by atoms with van der Waals surface area (Å²) in [5.41, 5.74) is 8.55. The van der Waals surface area contributed by atoms with Crippen molar-refractivity contribution >= 4 is 5.91 Å². The monoisotopic (exact) mass is 405 g/mol. The van der Waals surface area contributed by atoms with Gasteiger partial charge in [0.15, 0.2) is 0 Å². The molecule has 3 N–H and O–H groups in total. The summed E-state index contributed by atoms with van der Waals surface area (Å²) in [5.74, 6) is 5.28. The maximum Gasteiger partial charge on any atom is 0.248 e. The van der Waals surface area contributed by atoms with Crippen molar-refractivity contribution in [3.05, 3.63) is 64.7 Å². The molecule has 2 aliphatic rings. The van der Waals surface area contributed by atoms with Gasteiger partial charge in [-0.25, -0.2) is 9.37 Å². The van der Waals surface area contributed by atoms with Crippen LogP contribution in [0.25, 0.3) is 0 Å². The zero-order chi connectivity index (χ0) is 21.0. The predicted octanol–water partition coefficient (Wildman–Crippen LogP) is 4.11. The predicted molar refractivity (Wildman–Crippen MR) is 115 cm³/mol. The van der Waals surface area contributed by atoms with Crippen molar-refractivity contribution in [1.82, 2.24) is 10.3 Å². The third kappa shape index (κ3) is 5.25. The van der Waals surface area contributed by atoms with Gasteiger partial charge < -0.3 is 11.1 Å². The summed E-state index contributed by atoms with van der Waals surface area (Å²) in [6.45, 7) is 0. The van der Waals surface area contributed by atoms with E-state index in [1.54, 1.807) is 12.1 Å². The highest BCUT2D eigenvalue weighted by Crippen LogP contribution is 2.35. The first-order valence-electron chi connectivity index (χ1n) is 10.9. The molecule has 30 heavy (non-hydrogen) atoms. The van der Waals surface area contributed by atoms with Gasteiger partial charge in [-0.05, 0) is 73.9 Å². The van der Waals surface area contributed by atoms with E-state index in [0.717, 1.165) is 36.6 Å². The van der Waals surface area contributed by atoms with Crippen LogP contribution in [0.4, 0.5) is 4.39 Å². The van der Waals surface area contributed by atoms with E-state index >= 15 is 0 Å². The van der Waals surface area contributed by atoms with Crippen molar-refractivity contribution in [2.75, 3.05) is 0 Å². The molecule has 2 fully saturated rings. The molecule has 0 atom stereocenters. The summed E-state index contributed by atoms with van der Waals surface area (Å²) in [6.07, 6.45) is 11.6. The molecule has 4 rings (SSSR count). The lowest BCUT2D eigenvalue weighted by Gasteiger charge is -2.35. The highest BCUT2D eigenvalue weighted by Gasteiger charge is 2.37. The van der Waals surface area contributed by atoms with Crippen LogP contribution < -0.4 is 11.1 Å². The van der Waals surface area contributed by atoms with Crippen LogP contribution in [0, 0.1) is 17.7 Å². The van der Waals surface area contributed by atoms with E-state index in [0.29, 0.717) is 17.3 Å². The SMILES string of the molecule is NC(=O)c1ccc(C#Cc2ccc(F)cn2)cc1CC1(NC2CC2)CCCCCC1. The Morgan fingerprint density at radius 1 is 1.13 bits per heavy atom. The van der Waals surface area contributed by atoms with E-state index in [1.807, 2.05) is 12.1 Å². The number of halogens is 1. The first-order valence-corrected chi connectivity index (χ1v) is 10.9. The Balaban J connectivity index is 1.63. The number of carbonyl (C=O) groups excluding carboxylic acids is 1. The summed E-state index contributed by atoms with van der Waals surface area (Å²) in [7, 11) is 0. The fraction of sp³-hybridized carbons (Fsp3) is 0.440. The third-order valence-electron chi connectivity index (χ3n) is 6.11. The van der Waals surface area contributed by atoms with Gasteiger partial charge in [-0.1, -0.05) is 31.6 Å². The number of nitrogens with two attached hydrogens (primary N) is 1. The van der Waals surface area contributed by atoms with Crippen molar-refractivity contribution < 1.29 is 9.18 Å². The Bertz CT molecular complexity index is 962. The second-order valence-corrected chi connectivity index (χ2v) is 8.64. The molecule has 156 valence electrons. The van der Waals surface area contributed by atoms with E-state index in [9.17, 15) is 9.18 Å². The number of carbonyl (C=O) groups is 1. The number of hydrogen-bond donors (Lipinski definition) is 2. The smallest absolute Gasteiger partial charge is 0.248 e. The average molecular weight is 406 g/mol. The lowest BCUT2D eigenvalue weighted by molar-refractivity contribution is 0.0999. The minimum absolute atomic E-state index is 0.0203. The number of amides is 1. The standard InChI is InChI=1S/C25H28FN3O/c26-20-7-9-21(28-17-20)8-5-18-6-12-23(24(27)30)19(15-18)16-25(29-22-10-11-22)13-3-1-2-4-14-25/h6-7,9,12,15,17,22,29H,1-4,10-11,13-14,16H2,(H2,27,30). The van der Waals surface area contributed by atoms with Crippen LogP contribution in [0.5, 0.6) is 0 Å². The molecule has 0 bridgehead atoms. The van der Waals surface area contributed by atoms with E-state index in [1.165, 1.54) is 44.6 Å². The van der Waals surface area contributed by atoms with Crippen LogP contribution in [0.2, 0.25) is 0 Å². The second-order valence-electron chi connectivity index (χ2n) is 8.64. The minimum atomic E-state index is -0.403. The third-order valence-corrected chi connectivity index (χ3v) is 6.11. The summed E-state index contributed by atoms with van der Waals surface area (Å²) < 4.78 is 13.0. The zero-order valence-electron chi connectivity index (χ0n) is 17.2. The fourth-order valence-electron chi connectivity index (χ4n) is 4.45. The topological polar surface area (TPSA) is 68.0 Å². The summed E-state index contributed by atoms with van der Waals surface area (Å²) in [4.78, 5) is 16.1. The molecule has 2 aromatic rings. The molecule has 1 aromatic carbocycles. The van der Waals surface area contributed by atoms with Crippen LogP contribution in [0.1, 0.15) is 78.5 Å². The largest absolute Gasteiger partial charge is 0.366 e. The molecule has 0 unspecified atom stereocenters. The van der Waals surface area contributed by atoms with Crippen LogP contribution in [-0.2, 0) is 6.42 Å². The molecule has 0 spiro atoms. The van der Waals surface area contributed by atoms with Crippen LogP contribution in [0.3, 0.4) is 0 Å². The number of aromatic nitrogens is 1. The number of pyridine rings is 1. The van der Waals surface area contributed by atoms with E-state index in [4.69, 9.17) is 5.73 Å². The summed E-state index contributed by atoms with van der Waals surface area (Å²) >= 11 is 0. The molecule has 2 aliphatic carbocycles. The maximum atomic E-state index is 13.0. The van der Waals surface area contributed by atoms with Gasteiger partial charge in [0.2, 0.25) is 5.91 Å². The van der Waals surface area contributed by atoms with Gasteiger partial charge in [-0.3, -0.25) is 4.79 Å². The molecule has 4 nitrogen and oxygen atoms in total. The van der Waals surface area contributed by atoms with E-state index < -0.39 is 5.91 Å². The first-order chi connectivity index (χ1) is 14.5. The molecule has 0 aliphatic heterocycles. The Hall–Kier alpha value is -2.71. The van der Waals surface area contributed by atoms with Crippen molar-refractivity contribution in [2.45, 2.75) is 69.4 Å². The van der Waals surface area contributed by atoms with Crippen molar-refractivity contribution in [2.24, 2.45) is 5.73 Å². The molecule has 5 heteroatoms. The van der Waals surface area contributed by atoms with Crippen molar-refractivity contribution in [1.29, 1.82) is 0 Å². The highest BCUT2D eigenvalue weighted by molar-refractivity contribution is 5.94. The van der Waals surface area contributed by atoms with Crippen molar-refractivity contribution in [3.8, 4) is 11.8 Å². The normalized spacial score (nSPS) is 18.2. The molecule has 0 radical (unpaired) electrons. The summed E-state index contributed by atoms with van der Waals surface area (Å²) in [5, 5.41) is 3.91. The Morgan fingerprint density at radius 3 is 2.53 bits per heavy atom. The molecule has 2 saturated carbocycles. The van der Waals surface area contributed by atoms with E-state index in [2.05, 4.69) is 22.1 Å². The lowest BCUT2D eigenvalue weighted by Crippen LogP contribution is -2.48. The van der Waals surface area contributed by atoms with Gasteiger partial charge in [-0.2, -0.15) is 0 Å². The van der Waals surface area contributed by atoms with Gasteiger partial charge >= 0.3 is 0 Å². The lowest BCUT2D eigenvalue weighted by atomic mass is 9.81. The highest BCUT2D eigenvalue weighted by atomic mass is 19.1. The van der Waals surface area contributed by atoms with Crippen molar-refractivity contribution in [3.63, 3.8) is 0 Å². The number of primary amides is 1. The molecule has 1 amide bonds. The Labute approximate surface area is 177 Å². The van der Waals surface area contributed by atoms with Gasteiger partial charge in [-0.15, -0.1) is 0 Å². The summed E-state index contributed by atoms with van der Waals surface area (Å²) in [6, 6.07) is 9.08. The molecule has 1 aromatic heterocycles. The van der Waals surface area contributed by atoms with Gasteiger partial charge in [0.1, 0.15) is 11.5 Å². The van der Waals surface area contributed by atoms with Gasteiger partial charge in [0.05, 0.1) is 6.20 Å². The quantitative estimate of drug-likeness (QED) is 0.581. The number of rotatable bonds is 5. The first kappa shape index (κ1) is 20.6. The zero-order valence-corrected chi connectivity index (χ0v) is 17.2. The molecular weight excluding hydrogens is 377 g/mol. The molecule has 1 heterocycles. The maximum absolute atomic E-state index is 13.0. The van der Waals surface area contributed by atoms with E-state index in [-0.39, 0.29) is 11.4 Å². The minimum Gasteiger partial charge on any atom is -0.366 e. The van der Waals surface area contributed by atoms with Crippen LogP contribution >= 0.6 is 0 Å². The van der Waals surface area contributed by atoms with Crippen LogP contribution in [0.15, 0.2) is 36.5 Å².